The van der Waals surface area contributed by atoms with Gasteiger partial charge in [-0.1, -0.05) is 0 Å². The normalized spacial score (nSPS) is 23.3. The first kappa shape index (κ1) is 11.8. The van der Waals surface area contributed by atoms with Crippen LogP contribution in [-0.2, 0) is 0 Å². The summed E-state index contributed by atoms with van der Waals surface area (Å²) < 4.78 is 0. The lowest BCUT2D eigenvalue weighted by Crippen LogP contribution is -2.42. The van der Waals surface area contributed by atoms with Crippen LogP contribution in [-0.4, -0.2) is 54.4 Å². The molecule has 0 saturated carbocycles. The smallest absolute Gasteiger partial charge is 0.221 e. The molecule has 86 valence electrons. The maximum atomic E-state index is 7.77. The molecule has 1 unspecified atom stereocenters. The molecule has 15 heavy (non-hydrogen) atoms. The van der Waals surface area contributed by atoms with Crippen LogP contribution in [0, 0.1) is 5.41 Å². The van der Waals surface area contributed by atoms with Crippen molar-refractivity contribution in [3.05, 3.63) is 0 Å². The van der Waals surface area contributed by atoms with Crippen molar-refractivity contribution < 1.29 is 0 Å². The number of likely N-dealkylation sites (N-methyl/N-ethyl adjacent to an activating group) is 1. The highest BCUT2D eigenvalue weighted by molar-refractivity contribution is 5.91. The molecule has 0 spiro atoms. The van der Waals surface area contributed by atoms with E-state index in [0.29, 0.717) is 0 Å². The van der Waals surface area contributed by atoms with Gasteiger partial charge in [0.15, 0.2) is 5.96 Å². The minimum Gasteiger partial charge on any atom is -0.370 e. The molecule has 0 aromatic rings. The third-order valence-electron chi connectivity index (χ3n) is 2.55. The SMILES string of the molecule is CC1CN(C)CCCN1C(=N)N=C(N)N. The van der Waals surface area contributed by atoms with Crippen LogP contribution in [0.5, 0.6) is 0 Å². The predicted molar refractivity (Wildman–Crippen MR) is 61.8 cm³/mol. The van der Waals surface area contributed by atoms with Gasteiger partial charge in [-0.3, -0.25) is 5.41 Å². The Hall–Kier alpha value is -1.30. The Morgan fingerprint density at radius 3 is 2.67 bits per heavy atom. The highest BCUT2D eigenvalue weighted by Crippen LogP contribution is 2.09. The molecule has 0 aromatic carbocycles. The number of guanidine groups is 2. The Bertz CT molecular complexity index is 257. The molecule has 6 heteroatoms. The summed E-state index contributed by atoms with van der Waals surface area (Å²) in [5.41, 5.74) is 10.5. The zero-order valence-corrected chi connectivity index (χ0v) is 9.40. The summed E-state index contributed by atoms with van der Waals surface area (Å²) in [5, 5.41) is 7.77. The highest BCUT2D eigenvalue weighted by atomic mass is 15.3. The van der Waals surface area contributed by atoms with E-state index in [1.54, 1.807) is 0 Å². The van der Waals surface area contributed by atoms with Gasteiger partial charge in [0.2, 0.25) is 5.96 Å². The van der Waals surface area contributed by atoms with Crippen LogP contribution in [0.15, 0.2) is 4.99 Å². The molecule has 0 aliphatic carbocycles. The van der Waals surface area contributed by atoms with Gasteiger partial charge < -0.3 is 21.3 Å². The molecule has 1 heterocycles. The molecule has 1 rings (SSSR count). The molecule has 5 N–H and O–H groups in total. The minimum absolute atomic E-state index is 0.0511. The van der Waals surface area contributed by atoms with Gasteiger partial charge in [-0.25, -0.2) is 0 Å². The number of aliphatic imine (C=N–C) groups is 1. The molecule has 1 atom stereocenters. The maximum absolute atomic E-state index is 7.77. The fourth-order valence-corrected chi connectivity index (χ4v) is 1.87. The molecule has 1 aliphatic heterocycles. The lowest BCUT2D eigenvalue weighted by atomic mass is 10.3. The van der Waals surface area contributed by atoms with Crippen molar-refractivity contribution in [2.45, 2.75) is 19.4 Å². The maximum Gasteiger partial charge on any atom is 0.221 e. The van der Waals surface area contributed by atoms with Crippen molar-refractivity contribution in [3.63, 3.8) is 0 Å². The van der Waals surface area contributed by atoms with Crippen LogP contribution in [0.2, 0.25) is 0 Å². The van der Waals surface area contributed by atoms with Gasteiger partial charge in [-0.2, -0.15) is 4.99 Å². The van der Waals surface area contributed by atoms with Crippen molar-refractivity contribution in [2.24, 2.45) is 16.5 Å². The molecule has 0 aromatic heterocycles. The van der Waals surface area contributed by atoms with E-state index < -0.39 is 0 Å². The molecule has 0 bridgehead atoms. The Morgan fingerprint density at radius 2 is 2.07 bits per heavy atom. The van der Waals surface area contributed by atoms with Gasteiger partial charge in [0.25, 0.3) is 0 Å². The first-order valence-electron chi connectivity index (χ1n) is 5.14. The molecule has 0 amide bonds. The molecule has 0 radical (unpaired) electrons. The van der Waals surface area contributed by atoms with Crippen LogP contribution in [0.4, 0.5) is 0 Å². The van der Waals surface area contributed by atoms with E-state index in [2.05, 4.69) is 23.9 Å². The molecule has 1 aliphatic rings. The number of rotatable bonds is 0. The second-order valence-corrected chi connectivity index (χ2v) is 4.02. The molecule has 1 saturated heterocycles. The fraction of sp³-hybridized carbons (Fsp3) is 0.778. The molecular formula is C9H20N6. The van der Waals surface area contributed by atoms with E-state index >= 15 is 0 Å². The standard InChI is InChI=1S/C9H20N6/c1-7-6-14(2)4-3-5-15(7)9(12)13-8(10)11/h7H,3-6H2,1-2H3,(H5,10,11,12,13). The van der Waals surface area contributed by atoms with Gasteiger partial charge in [0.1, 0.15) is 0 Å². The quantitative estimate of drug-likeness (QED) is 0.362. The molecular weight excluding hydrogens is 192 g/mol. The van der Waals surface area contributed by atoms with E-state index in [9.17, 15) is 0 Å². The third kappa shape index (κ3) is 3.39. The van der Waals surface area contributed by atoms with Gasteiger partial charge in [0, 0.05) is 19.1 Å². The predicted octanol–water partition coefficient (Wildman–Crippen LogP) is -0.779. The van der Waals surface area contributed by atoms with E-state index in [1.807, 2.05) is 4.90 Å². The summed E-state index contributed by atoms with van der Waals surface area (Å²) in [5.74, 6) is 0.114. The van der Waals surface area contributed by atoms with Gasteiger partial charge in [0.05, 0.1) is 0 Å². The van der Waals surface area contributed by atoms with E-state index in [1.165, 1.54) is 0 Å². The second-order valence-electron chi connectivity index (χ2n) is 4.02. The van der Waals surface area contributed by atoms with Crippen LogP contribution in [0.1, 0.15) is 13.3 Å². The summed E-state index contributed by atoms with van der Waals surface area (Å²) in [4.78, 5) is 7.97. The van der Waals surface area contributed by atoms with Crippen molar-refractivity contribution in [2.75, 3.05) is 26.7 Å². The summed E-state index contributed by atoms with van der Waals surface area (Å²) >= 11 is 0. The Kier molecular flexibility index (Phi) is 3.90. The molecule has 1 fully saturated rings. The Morgan fingerprint density at radius 1 is 1.40 bits per heavy atom. The monoisotopic (exact) mass is 212 g/mol. The van der Waals surface area contributed by atoms with E-state index in [0.717, 1.165) is 26.1 Å². The summed E-state index contributed by atoms with van der Waals surface area (Å²) in [6.07, 6.45) is 1.03. The summed E-state index contributed by atoms with van der Waals surface area (Å²) in [6, 6.07) is 0.271. The largest absolute Gasteiger partial charge is 0.370 e. The number of hydrogen-bond donors (Lipinski definition) is 3. The topological polar surface area (TPSA) is 94.7 Å². The number of nitrogens with one attached hydrogen (secondary N) is 1. The average molecular weight is 212 g/mol. The van der Waals surface area contributed by atoms with Crippen LogP contribution in [0.3, 0.4) is 0 Å². The fourth-order valence-electron chi connectivity index (χ4n) is 1.87. The first-order valence-corrected chi connectivity index (χ1v) is 5.14. The van der Waals surface area contributed by atoms with Gasteiger partial charge in [-0.15, -0.1) is 0 Å². The number of nitrogens with two attached hydrogens (primary N) is 2. The zero-order chi connectivity index (χ0) is 11.4. The highest BCUT2D eigenvalue weighted by Gasteiger charge is 2.21. The van der Waals surface area contributed by atoms with Crippen LogP contribution in [0.25, 0.3) is 0 Å². The van der Waals surface area contributed by atoms with Crippen molar-refractivity contribution >= 4 is 11.9 Å². The van der Waals surface area contributed by atoms with E-state index in [4.69, 9.17) is 16.9 Å². The molecule has 6 nitrogen and oxygen atoms in total. The number of hydrogen-bond acceptors (Lipinski definition) is 2. The van der Waals surface area contributed by atoms with Gasteiger partial charge in [-0.05, 0) is 26.9 Å². The van der Waals surface area contributed by atoms with Crippen LogP contribution < -0.4 is 11.5 Å². The second kappa shape index (κ2) is 4.97. The minimum atomic E-state index is -0.0511. The van der Waals surface area contributed by atoms with Gasteiger partial charge >= 0.3 is 0 Å². The number of nitrogens with zero attached hydrogens (tertiary/aromatic N) is 3. The third-order valence-corrected chi connectivity index (χ3v) is 2.55. The lowest BCUT2D eigenvalue weighted by Gasteiger charge is -2.27. The Balaban J connectivity index is 2.67. The Labute approximate surface area is 90.4 Å². The van der Waals surface area contributed by atoms with Crippen molar-refractivity contribution in [1.82, 2.24) is 9.80 Å². The summed E-state index contributed by atoms with van der Waals surface area (Å²) in [7, 11) is 2.09. The van der Waals surface area contributed by atoms with Crippen molar-refractivity contribution in [1.29, 1.82) is 5.41 Å². The zero-order valence-electron chi connectivity index (χ0n) is 9.40. The van der Waals surface area contributed by atoms with Crippen molar-refractivity contribution in [3.8, 4) is 0 Å². The lowest BCUT2D eigenvalue weighted by molar-refractivity contribution is 0.283. The first-order chi connectivity index (χ1) is 7.00. The van der Waals surface area contributed by atoms with E-state index in [-0.39, 0.29) is 18.0 Å². The summed E-state index contributed by atoms with van der Waals surface area (Å²) in [6.45, 7) is 4.90. The van der Waals surface area contributed by atoms with Crippen LogP contribution >= 0.6 is 0 Å². The average Bonchev–Trinajstić information content (AvgIpc) is 2.25.